The van der Waals surface area contributed by atoms with Gasteiger partial charge in [-0.25, -0.2) is 13.6 Å². The van der Waals surface area contributed by atoms with Gasteiger partial charge in [-0.05, 0) is 61.2 Å². The highest BCUT2D eigenvalue weighted by atomic mass is 19.1. The third-order valence-corrected chi connectivity index (χ3v) is 4.91. The zero-order valence-electron chi connectivity index (χ0n) is 17.2. The average molecular weight is 434 g/mol. The average Bonchev–Trinajstić information content (AvgIpc) is 2.74. The molecule has 31 heavy (non-hydrogen) atoms. The minimum Gasteiger partial charge on any atom is -0.483 e. The third-order valence-electron chi connectivity index (χ3n) is 4.91. The molecule has 0 spiro atoms. The Morgan fingerprint density at radius 3 is 2.23 bits per heavy atom. The van der Waals surface area contributed by atoms with E-state index in [9.17, 15) is 13.6 Å². The van der Waals surface area contributed by atoms with Crippen LogP contribution in [0.3, 0.4) is 0 Å². The molecule has 2 aromatic carbocycles. The highest BCUT2D eigenvalue weighted by molar-refractivity contribution is 5.74. The van der Waals surface area contributed by atoms with E-state index in [1.54, 1.807) is 4.90 Å². The standard InChI is InChI=1S/C21H26F2N4O.CH2O2/c22-17-11-16(12-18(23)13-17)14-25-21(28)27-9-6-20(7-10-27)26-19-3-1-15(2-4-19)5-8-24;2-1-3/h1-4,11-13,20,26H,5-10,14,24H2,(H,25,28);1H,(H,2,3). The molecule has 0 aliphatic carbocycles. The van der Waals surface area contributed by atoms with Gasteiger partial charge in [-0.3, -0.25) is 4.79 Å². The maximum Gasteiger partial charge on any atom is 0.317 e. The number of carbonyl (C=O) groups is 2. The molecule has 7 nitrogen and oxygen atoms in total. The molecule has 0 radical (unpaired) electrons. The lowest BCUT2D eigenvalue weighted by atomic mass is 10.0. The summed E-state index contributed by atoms with van der Waals surface area (Å²) in [6, 6.07) is 11.6. The van der Waals surface area contributed by atoms with Crippen molar-refractivity contribution < 1.29 is 23.5 Å². The predicted molar refractivity (Wildman–Crippen MR) is 115 cm³/mol. The van der Waals surface area contributed by atoms with Gasteiger partial charge in [0.2, 0.25) is 0 Å². The number of rotatable bonds is 6. The predicted octanol–water partition coefficient (Wildman–Crippen LogP) is 2.95. The van der Waals surface area contributed by atoms with Gasteiger partial charge in [0.15, 0.2) is 0 Å². The molecule has 9 heteroatoms. The van der Waals surface area contributed by atoms with Crippen LogP contribution in [0.2, 0.25) is 0 Å². The van der Waals surface area contributed by atoms with Crippen LogP contribution in [0.15, 0.2) is 42.5 Å². The van der Waals surface area contributed by atoms with Crippen LogP contribution in [0.4, 0.5) is 19.3 Å². The van der Waals surface area contributed by atoms with Crippen LogP contribution >= 0.6 is 0 Å². The minimum atomic E-state index is -0.646. The number of urea groups is 1. The van der Waals surface area contributed by atoms with E-state index in [4.69, 9.17) is 15.6 Å². The number of benzene rings is 2. The fourth-order valence-corrected chi connectivity index (χ4v) is 3.40. The van der Waals surface area contributed by atoms with Crippen LogP contribution < -0.4 is 16.4 Å². The molecule has 0 unspecified atom stereocenters. The highest BCUT2D eigenvalue weighted by Gasteiger charge is 2.22. The van der Waals surface area contributed by atoms with Crippen molar-refractivity contribution in [2.75, 3.05) is 25.0 Å². The first kappa shape index (κ1) is 24.1. The van der Waals surface area contributed by atoms with Gasteiger partial charge in [0.05, 0.1) is 0 Å². The van der Waals surface area contributed by atoms with E-state index in [0.29, 0.717) is 31.2 Å². The van der Waals surface area contributed by atoms with Crippen molar-refractivity contribution in [1.29, 1.82) is 0 Å². The van der Waals surface area contributed by atoms with Gasteiger partial charge in [-0.1, -0.05) is 12.1 Å². The maximum atomic E-state index is 13.2. The first-order valence-corrected chi connectivity index (χ1v) is 10.1. The quantitative estimate of drug-likeness (QED) is 0.523. The van der Waals surface area contributed by atoms with E-state index in [0.717, 1.165) is 31.0 Å². The van der Waals surface area contributed by atoms with Gasteiger partial charge in [0, 0.05) is 37.4 Å². The summed E-state index contributed by atoms with van der Waals surface area (Å²) in [6.07, 6.45) is 2.55. The summed E-state index contributed by atoms with van der Waals surface area (Å²) in [7, 11) is 0. The Morgan fingerprint density at radius 1 is 1.10 bits per heavy atom. The molecule has 1 fully saturated rings. The molecule has 0 bridgehead atoms. The topological polar surface area (TPSA) is 108 Å². The van der Waals surface area contributed by atoms with Gasteiger partial charge in [0.25, 0.3) is 6.47 Å². The van der Waals surface area contributed by atoms with Gasteiger partial charge < -0.3 is 26.4 Å². The Labute approximate surface area is 180 Å². The highest BCUT2D eigenvalue weighted by Crippen LogP contribution is 2.18. The van der Waals surface area contributed by atoms with Crippen LogP contribution in [-0.2, 0) is 17.8 Å². The summed E-state index contributed by atoms with van der Waals surface area (Å²) >= 11 is 0. The van der Waals surface area contributed by atoms with Crippen LogP contribution in [0.5, 0.6) is 0 Å². The van der Waals surface area contributed by atoms with E-state index >= 15 is 0 Å². The smallest absolute Gasteiger partial charge is 0.317 e. The second kappa shape index (κ2) is 12.5. The van der Waals surface area contributed by atoms with Gasteiger partial charge in [-0.2, -0.15) is 0 Å². The van der Waals surface area contributed by atoms with Crippen molar-refractivity contribution in [3.63, 3.8) is 0 Å². The fourth-order valence-electron chi connectivity index (χ4n) is 3.40. The number of nitrogens with one attached hydrogen (secondary N) is 2. The third kappa shape index (κ3) is 8.21. The number of amides is 2. The molecule has 3 rings (SSSR count). The van der Waals surface area contributed by atoms with E-state index in [1.807, 2.05) is 0 Å². The molecule has 2 aromatic rings. The number of carbonyl (C=O) groups excluding carboxylic acids is 1. The second-order valence-electron chi connectivity index (χ2n) is 7.18. The normalized spacial score (nSPS) is 13.7. The SMILES string of the molecule is NCCc1ccc(NC2CCN(C(=O)NCc3cc(F)cc(F)c3)CC2)cc1.O=CO. The van der Waals surface area contributed by atoms with Crippen molar-refractivity contribution in [1.82, 2.24) is 10.2 Å². The number of halogens is 2. The second-order valence-corrected chi connectivity index (χ2v) is 7.18. The number of nitrogens with zero attached hydrogens (tertiary/aromatic N) is 1. The van der Waals surface area contributed by atoms with Crippen LogP contribution in [0, 0.1) is 11.6 Å². The molecule has 5 N–H and O–H groups in total. The van der Waals surface area contributed by atoms with Gasteiger partial charge in [-0.15, -0.1) is 0 Å². The van der Waals surface area contributed by atoms with E-state index in [1.165, 1.54) is 17.7 Å². The number of anilines is 1. The van der Waals surface area contributed by atoms with Crippen molar-refractivity contribution in [3.05, 3.63) is 65.2 Å². The zero-order valence-corrected chi connectivity index (χ0v) is 17.2. The summed E-state index contributed by atoms with van der Waals surface area (Å²) in [6.45, 7) is 1.75. The molecule has 2 amide bonds. The Kier molecular flexibility index (Phi) is 9.70. The first-order chi connectivity index (χ1) is 14.9. The lowest BCUT2D eigenvalue weighted by Crippen LogP contribution is -2.46. The summed E-state index contributed by atoms with van der Waals surface area (Å²) in [5, 5.41) is 13.1. The Morgan fingerprint density at radius 2 is 1.68 bits per heavy atom. The Bertz CT molecular complexity index is 821. The lowest BCUT2D eigenvalue weighted by molar-refractivity contribution is -0.122. The molecule has 0 aromatic heterocycles. The first-order valence-electron chi connectivity index (χ1n) is 10.1. The molecule has 1 aliphatic heterocycles. The number of carboxylic acid groups (broad SMARTS) is 1. The summed E-state index contributed by atoms with van der Waals surface area (Å²) < 4.78 is 26.4. The van der Waals surface area contributed by atoms with Crippen molar-refractivity contribution in [2.24, 2.45) is 5.73 Å². The molecular formula is C22H28F2N4O3. The number of likely N-dealkylation sites (tertiary alicyclic amines) is 1. The molecule has 0 saturated carbocycles. The fraction of sp³-hybridized carbons (Fsp3) is 0.364. The molecule has 1 aliphatic rings. The van der Waals surface area contributed by atoms with Crippen molar-refractivity contribution in [2.45, 2.75) is 31.8 Å². The summed E-state index contributed by atoms with van der Waals surface area (Å²) in [4.78, 5) is 22.4. The zero-order chi connectivity index (χ0) is 22.6. The van der Waals surface area contributed by atoms with Gasteiger partial charge >= 0.3 is 6.03 Å². The van der Waals surface area contributed by atoms with Gasteiger partial charge in [0.1, 0.15) is 11.6 Å². The maximum absolute atomic E-state index is 13.2. The van der Waals surface area contributed by atoms with E-state index < -0.39 is 11.6 Å². The van der Waals surface area contributed by atoms with Crippen molar-refractivity contribution in [3.8, 4) is 0 Å². The van der Waals surface area contributed by atoms with Crippen LogP contribution in [0.25, 0.3) is 0 Å². The van der Waals surface area contributed by atoms with Crippen LogP contribution in [0.1, 0.15) is 24.0 Å². The Hall–Kier alpha value is -3.20. The van der Waals surface area contributed by atoms with Crippen molar-refractivity contribution >= 4 is 18.2 Å². The minimum absolute atomic E-state index is 0.0981. The lowest BCUT2D eigenvalue weighted by Gasteiger charge is -2.33. The molecular weight excluding hydrogens is 406 g/mol. The van der Waals surface area contributed by atoms with E-state index in [2.05, 4.69) is 34.9 Å². The number of nitrogens with two attached hydrogens (primary N) is 1. The molecule has 168 valence electrons. The van der Waals surface area contributed by atoms with E-state index in [-0.39, 0.29) is 19.0 Å². The number of piperidine rings is 1. The monoisotopic (exact) mass is 434 g/mol. The van der Waals surface area contributed by atoms with Crippen LogP contribution in [-0.4, -0.2) is 48.2 Å². The number of hydrogen-bond donors (Lipinski definition) is 4. The molecule has 1 saturated heterocycles. The summed E-state index contributed by atoms with van der Waals surface area (Å²) in [5.41, 5.74) is 8.26. The molecule has 0 atom stereocenters. The number of hydrogen-bond acceptors (Lipinski definition) is 4. The molecule has 1 heterocycles. The largest absolute Gasteiger partial charge is 0.483 e. The Balaban J connectivity index is 0.00000107. The summed E-state index contributed by atoms with van der Waals surface area (Å²) in [5.74, 6) is -1.29.